The fourth-order valence-corrected chi connectivity index (χ4v) is 3.82. The first-order valence-electron chi connectivity index (χ1n) is 7.74. The lowest BCUT2D eigenvalue weighted by Crippen LogP contribution is -2.30. The fraction of sp³-hybridized carbons (Fsp3) is 0.0526. The van der Waals surface area contributed by atoms with Crippen LogP contribution in [0.15, 0.2) is 60.7 Å². The van der Waals surface area contributed by atoms with Gasteiger partial charge in [0.2, 0.25) is 0 Å². The Kier molecular flexibility index (Phi) is 2.52. The molecule has 0 amide bonds. The van der Waals surface area contributed by atoms with Gasteiger partial charge in [0.15, 0.2) is 0 Å². The summed E-state index contributed by atoms with van der Waals surface area (Å²) < 4.78 is 2.30. The van der Waals surface area contributed by atoms with Crippen molar-refractivity contribution in [1.29, 1.82) is 0 Å². The van der Waals surface area contributed by atoms with E-state index < -0.39 is 7.12 Å². The Labute approximate surface area is 133 Å². The molecule has 0 unspecified atom stereocenters. The maximum Gasteiger partial charge on any atom is 0.488 e. The van der Waals surface area contributed by atoms with Crippen molar-refractivity contribution in [2.45, 2.75) is 6.42 Å². The number of aromatic nitrogens is 1. The van der Waals surface area contributed by atoms with Crippen molar-refractivity contribution in [3.63, 3.8) is 0 Å². The van der Waals surface area contributed by atoms with E-state index in [1.807, 2.05) is 24.3 Å². The second kappa shape index (κ2) is 4.48. The molecule has 0 fully saturated rings. The highest BCUT2D eigenvalue weighted by atomic mass is 16.4. The molecule has 2 heterocycles. The maximum atomic E-state index is 9.64. The highest BCUT2D eigenvalue weighted by Gasteiger charge is 2.24. The topological polar surface area (TPSA) is 45.4 Å². The van der Waals surface area contributed by atoms with Crippen LogP contribution in [0.5, 0.6) is 0 Å². The predicted molar refractivity (Wildman–Crippen MR) is 93.4 cm³/mol. The molecule has 1 aliphatic rings. The molecule has 2 N–H and O–H groups in total. The van der Waals surface area contributed by atoms with Crippen molar-refractivity contribution in [2.75, 3.05) is 0 Å². The second-order valence-electron chi connectivity index (χ2n) is 6.11. The van der Waals surface area contributed by atoms with E-state index in [1.165, 1.54) is 16.8 Å². The Hall–Kier alpha value is -2.56. The van der Waals surface area contributed by atoms with Gasteiger partial charge < -0.3 is 14.6 Å². The Morgan fingerprint density at radius 3 is 2.48 bits per heavy atom. The molecule has 0 saturated heterocycles. The molecule has 3 aromatic carbocycles. The fourth-order valence-electron chi connectivity index (χ4n) is 3.82. The third-order valence-corrected chi connectivity index (χ3v) is 4.78. The van der Waals surface area contributed by atoms with E-state index in [1.54, 1.807) is 0 Å². The zero-order valence-corrected chi connectivity index (χ0v) is 12.4. The minimum Gasteiger partial charge on any atom is -0.423 e. The molecule has 0 saturated carbocycles. The largest absolute Gasteiger partial charge is 0.488 e. The monoisotopic (exact) mass is 299 g/mol. The average Bonchev–Trinajstić information content (AvgIpc) is 2.91. The second-order valence-corrected chi connectivity index (χ2v) is 6.11. The first-order valence-corrected chi connectivity index (χ1v) is 7.74. The summed E-state index contributed by atoms with van der Waals surface area (Å²) in [6.07, 6.45) is 0.809. The van der Waals surface area contributed by atoms with E-state index in [-0.39, 0.29) is 0 Å². The maximum absolute atomic E-state index is 9.64. The van der Waals surface area contributed by atoms with Gasteiger partial charge in [0.25, 0.3) is 0 Å². The summed E-state index contributed by atoms with van der Waals surface area (Å²) in [7, 11) is -1.45. The smallest absolute Gasteiger partial charge is 0.423 e. The lowest BCUT2D eigenvalue weighted by molar-refractivity contribution is 0.426. The van der Waals surface area contributed by atoms with Crippen LogP contribution in [0.2, 0.25) is 0 Å². The van der Waals surface area contributed by atoms with Gasteiger partial charge in [0.05, 0.1) is 11.0 Å². The molecule has 23 heavy (non-hydrogen) atoms. The molecule has 0 bridgehead atoms. The summed E-state index contributed by atoms with van der Waals surface area (Å²) in [5.74, 6) is 0. The van der Waals surface area contributed by atoms with E-state index in [9.17, 15) is 10.0 Å². The molecule has 0 radical (unpaired) electrons. The number of rotatable bonds is 1. The van der Waals surface area contributed by atoms with Crippen LogP contribution in [0.4, 0.5) is 0 Å². The number of hydrogen-bond donors (Lipinski definition) is 2. The Morgan fingerprint density at radius 1 is 0.826 bits per heavy atom. The average molecular weight is 299 g/mol. The number of para-hydroxylation sites is 2. The molecule has 0 spiro atoms. The molecule has 1 aromatic heterocycles. The minimum atomic E-state index is -1.45. The quantitative estimate of drug-likeness (QED) is 0.467. The molecule has 4 aromatic rings. The molecule has 1 aliphatic heterocycles. The lowest BCUT2D eigenvalue weighted by atomic mass is 9.78. The first-order chi connectivity index (χ1) is 11.2. The first kappa shape index (κ1) is 12.9. The van der Waals surface area contributed by atoms with E-state index in [0.29, 0.717) is 5.46 Å². The lowest BCUT2D eigenvalue weighted by Gasteiger charge is -2.21. The summed E-state index contributed by atoms with van der Waals surface area (Å²) in [6, 6.07) is 20.5. The van der Waals surface area contributed by atoms with Crippen LogP contribution in [-0.4, -0.2) is 21.7 Å². The zero-order chi connectivity index (χ0) is 15.6. The number of fused-ring (bicyclic) bond motifs is 5. The third-order valence-electron chi connectivity index (χ3n) is 4.78. The predicted octanol–water partition coefficient (Wildman–Crippen LogP) is 2.37. The van der Waals surface area contributed by atoms with Crippen LogP contribution in [0, 0.1) is 0 Å². The third kappa shape index (κ3) is 1.67. The van der Waals surface area contributed by atoms with Gasteiger partial charge in [0.1, 0.15) is 0 Å². The molecule has 110 valence electrons. The summed E-state index contributed by atoms with van der Waals surface area (Å²) in [6.45, 7) is 0. The van der Waals surface area contributed by atoms with E-state index in [0.717, 1.165) is 28.3 Å². The van der Waals surface area contributed by atoms with Gasteiger partial charge in [-0.15, -0.1) is 0 Å². The van der Waals surface area contributed by atoms with Crippen LogP contribution in [0.25, 0.3) is 27.5 Å². The van der Waals surface area contributed by atoms with Crippen LogP contribution in [0.1, 0.15) is 11.1 Å². The van der Waals surface area contributed by atoms with Crippen molar-refractivity contribution in [1.82, 2.24) is 4.57 Å². The molecular formula is C19H14BNO2. The number of hydrogen-bond acceptors (Lipinski definition) is 2. The molecule has 0 atom stereocenters. The summed E-state index contributed by atoms with van der Waals surface area (Å²) in [5, 5.41) is 21.5. The van der Waals surface area contributed by atoms with Crippen molar-refractivity contribution in [3.05, 3.63) is 71.8 Å². The summed E-state index contributed by atoms with van der Waals surface area (Å²) in [4.78, 5) is 0. The van der Waals surface area contributed by atoms with E-state index >= 15 is 0 Å². The van der Waals surface area contributed by atoms with Crippen LogP contribution in [-0.2, 0) is 6.42 Å². The molecule has 4 heteroatoms. The SMILES string of the molecule is OB(O)c1cc2c3c(c1)c1ccccc1n3-c1ccccc1C2. The van der Waals surface area contributed by atoms with E-state index in [4.69, 9.17) is 0 Å². The minimum absolute atomic E-state index is 0.551. The van der Waals surface area contributed by atoms with Crippen molar-refractivity contribution < 1.29 is 10.0 Å². The van der Waals surface area contributed by atoms with Crippen molar-refractivity contribution >= 4 is 34.4 Å². The zero-order valence-electron chi connectivity index (χ0n) is 12.4. The van der Waals surface area contributed by atoms with Crippen LogP contribution < -0.4 is 5.46 Å². The summed E-state index contributed by atoms with van der Waals surface area (Å²) >= 11 is 0. The van der Waals surface area contributed by atoms with Gasteiger partial charge in [-0.3, -0.25) is 0 Å². The Morgan fingerprint density at radius 2 is 1.61 bits per heavy atom. The number of benzene rings is 3. The normalized spacial score (nSPS) is 12.6. The van der Waals surface area contributed by atoms with Gasteiger partial charge >= 0.3 is 7.12 Å². The highest BCUT2D eigenvalue weighted by Crippen LogP contribution is 2.38. The number of nitrogens with zero attached hydrogens (tertiary/aromatic N) is 1. The standard InChI is InChI=1S/C19H14BNO2/c22-20(23)14-10-13-9-12-5-1-3-7-17(12)21-18-8-4-2-6-15(18)16(11-14)19(13)21/h1-8,10-11,22-23H,9H2. The van der Waals surface area contributed by atoms with Gasteiger partial charge in [0, 0.05) is 22.9 Å². The Balaban J connectivity index is 2.04. The van der Waals surface area contributed by atoms with Gasteiger partial charge in [-0.2, -0.15) is 0 Å². The Bertz CT molecular complexity index is 1080. The van der Waals surface area contributed by atoms with Gasteiger partial charge in [-0.25, -0.2) is 0 Å². The van der Waals surface area contributed by atoms with Crippen LogP contribution >= 0.6 is 0 Å². The summed E-state index contributed by atoms with van der Waals surface area (Å²) in [5.41, 5.74) is 6.49. The van der Waals surface area contributed by atoms with Gasteiger partial charge in [-0.05, 0) is 28.7 Å². The molecule has 0 aliphatic carbocycles. The molecule has 3 nitrogen and oxygen atoms in total. The highest BCUT2D eigenvalue weighted by molar-refractivity contribution is 6.59. The molecular weight excluding hydrogens is 285 g/mol. The van der Waals surface area contributed by atoms with Crippen molar-refractivity contribution in [3.8, 4) is 5.69 Å². The van der Waals surface area contributed by atoms with Crippen molar-refractivity contribution in [2.24, 2.45) is 0 Å². The molecule has 5 rings (SSSR count). The van der Waals surface area contributed by atoms with Gasteiger partial charge in [-0.1, -0.05) is 48.5 Å². The van der Waals surface area contributed by atoms with E-state index in [2.05, 4.69) is 41.0 Å². The van der Waals surface area contributed by atoms with Crippen LogP contribution in [0.3, 0.4) is 0 Å².